The summed E-state index contributed by atoms with van der Waals surface area (Å²) in [5.74, 6) is 0.755. The topological polar surface area (TPSA) is 12.0 Å². The van der Waals surface area contributed by atoms with E-state index in [0.29, 0.717) is 6.04 Å². The molecule has 2 aromatic rings. The third-order valence-electron chi connectivity index (χ3n) is 3.58. The van der Waals surface area contributed by atoms with Crippen LogP contribution >= 0.6 is 11.3 Å². The summed E-state index contributed by atoms with van der Waals surface area (Å²) in [6.07, 6.45) is 3.79. The highest BCUT2D eigenvalue weighted by molar-refractivity contribution is 7.17. The van der Waals surface area contributed by atoms with Crippen LogP contribution in [0.4, 0.5) is 0 Å². The number of fused-ring (bicyclic) bond motifs is 1. The van der Waals surface area contributed by atoms with Gasteiger partial charge in [-0.25, -0.2) is 0 Å². The molecule has 0 aliphatic rings. The molecule has 1 nitrogen and oxygen atoms in total. The van der Waals surface area contributed by atoms with Crippen LogP contribution < -0.4 is 5.32 Å². The first-order valence-electron chi connectivity index (χ1n) is 7.39. The summed E-state index contributed by atoms with van der Waals surface area (Å²) >= 11 is 1.88. The first-order valence-corrected chi connectivity index (χ1v) is 8.27. The molecule has 0 spiro atoms. The molecule has 0 amide bonds. The van der Waals surface area contributed by atoms with E-state index in [1.807, 2.05) is 11.3 Å². The zero-order valence-electron chi connectivity index (χ0n) is 12.3. The van der Waals surface area contributed by atoms with Crippen LogP contribution in [0.25, 0.3) is 10.1 Å². The molecule has 19 heavy (non-hydrogen) atoms. The van der Waals surface area contributed by atoms with Crippen molar-refractivity contribution in [1.29, 1.82) is 0 Å². The zero-order valence-corrected chi connectivity index (χ0v) is 13.1. The summed E-state index contributed by atoms with van der Waals surface area (Å²) in [5, 5.41) is 7.40. The highest BCUT2D eigenvalue weighted by Crippen LogP contribution is 2.28. The minimum Gasteiger partial charge on any atom is -0.314 e. The Balaban J connectivity index is 2.07. The quantitative estimate of drug-likeness (QED) is 0.761. The van der Waals surface area contributed by atoms with Gasteiger partial charge >= 0.3 is 0 Å². The van der Waals surface area contributed by atoms with Crippen molar-refractivity contribution >= 4 is 21.4 Å². The van der Waals surface area contributed by atoms with Gasteiger partial charge in [0, 0.05) is 10.7 Å². The molecule has 0 aliphatic carbocycles. The van der Waals surface area contributed by atoms with Crippen molar-refractivity contribution in [2.45, 2.75) is 46.1 Å². The molecule has 1 atom stereocenters. The molecule has 1 heterocycles. The zero-order chi connectivity index (χ0) is 13.7. The van der Waals surface area contributed by atoms with Gasteiger partial charge in [-0.3, -0.25) is 0 Å². The minimum atomic E-state index is 0.582. The van der Waals surface area contributed by atoms with E-state index in [0.717, 1.165) is 12.5 Å². The SMILES string of the molecule is CCCC(CNC(C)C)Cc1csc2ccccc12. The van der Waals surface area contributed by atoms with Crippen molar-refractivity contribution in [1.82, 2.24) is 5.32 Å². The third kappa shape index (κ3) is 4.05. The van der Waals surface area contributed by atoms with Gasteiger partial charge in [-0.05, 0) is 47.7 Å². The fourth-order valence-corrected chi connectivity index (χ4v) is 3.56. The number of hydrogen-bond acceptors (Lipinski definition) is 2. The molecular weight excluding hydrogens is 250 g/mol. The average molecular weight is 275 g/mol. The summed E-state index contributed by atoms with van der Waals surface area (Å²) < 4.78 is 1.42. The highest BCUT2D eigenvalue weighted by atomic mass is 32.1. The van der Waals surface area contributed by atoms with Gasteiger partial charge < -0.3 is 5.32 Å². The van der Waals surface area contributed by atoms with Crippen LogP contribution in [0.5, 0.6) is 0 Å². The fourth-order valence-electron chi connectivity index (χ4n) is 2.59. The van der Waals surface area contributed by atoms with E-state index in [2.05, 4.69) is 55.7 Å². The maximum Gasteiger partial charge on any atom is 0.0345 e. The van der Waals surface area contributed by atoms with E-state index < -0.39 is 0 Å². The Morgan fingerprint density at radius 1 is 1.21 bits per heavy atom. The van der Waals surface area contributed by atoms with Gasteiger partial charge in [0.1, 0.15) is 0 Å². The molecule has 0 bridgehead atoms. The molecule has 2 rings (SSSR count). The van der Waals surface area contributed by atoms with E-state index >= 15 is 0 Å². The van der Waals surface area contributed by atoms with Crippen molar-refractivity contribution in [2.75, 3.05) is 6.54 Å². The number of thiophene rings is 1. The third-order valence-corrected chi connectivity index (χ3v) is 4.59. The van der Waals surface area contributed by atoms with Crippen molar-refractivity contribution in [3.8, 4) is 0 Å². The molecule has 0 aliphatic heterocycles. The molecule has 1 aromatic carbocycles. The number of benzene rings is 1. The largest absolute Gasteiger partial charge is 0.314 e. The van der Waals surface area contributed by atoms with E-state index in [1.165, 1.54) is 34.9 Å². The molecule has 0 fully saturated rings. The molecule has 1 N–H and O–H groups in total. The first kappa shape index (κ1) is 14.5. The number of rotatable bonds is 7. The lowest BCUT2D eigenvalue weighted by Crippen LogP contribution is -2.29. The molecule has 0 radical (unpaired) electrons. The smallest absolute Gasteiger partial charge is 0.0345 e. The van der Waals surface area contributed by atoms with Crippen LogP contribution in [0.15, 0.2) is 29.6 Å². The van der Waals surface area contributed by atoms with Crippen LogP contribution in [0.2, 0.25) is 0 Å². The maximum absolute atomic E-state index is 3.59. The van der Waals surface area contributed by atoms with Crippen LogP contribution in [-0.2, 0) is 6.42 Å². The summed E-state index contributed by atoms with van der Waals surface area (Å²) in [6.45, 7) is 7.87. The van der Waals surface area contributed by atoms with Gasteiger partial charge in [0.05, 0.1) is 0 Å². The molecule has 2 heteroatoms. The summed E-state index contributed by atoms with van der Waals surface area (Å²) in [4.78, 5) is 0. The lowest BCUT2D eigenvalue weighted by Gasteiger charge is -2.18. The highest BCUT2D eigenvalue weighted by Gasteiger charge is 2.12. The Morgan fingerprint density at radius 3 is 2.74 bits per heavy atom. The van der Waals surface area contributed by atoms with Gasteiger partial charge in [0.15, 0.2) is 0 Å². The molecular formula is C17H25NS. The predicted octanol–water partition coefficient (Wildman–Crippen LogP) is 4.86. The predicted molar refractivity (Wildman–Crippen MR) is 87.1 cm³/mol. The lowest BCUT2D eigenvalue weighted by molar-refractivity contribution is 0.419. The van der Waals surface area contributed by atoms with E-state index in [9.17, 15) is 0 Å². The number of nitrogens with one attached hydrogen (secondary N) is 1. The van der Waals surface area contributed by atoms with Gasteiger partial charge in [0.25, 0.3) is 0 Å². The van der Waals surface area contributed by atoms with Crippen LogP contribution in [-0.4, -0.2) is 12.6 Å². The molecule has 1 aromatic heterocycles. The molecule has 0 saturated carbocycles. The Hall–Kier alpha value is -0.860. The van der Waals surface area contributed by atoms with Gasteiger partial charge in [-0.2, -0.15) is 0 Å². The van der Waals surface area contributed by atoms with Crippen molar-refractivity contribution < 1.29 is 0 Å². The monoisotopic (exact) mass is 275 g/mol. The van der Waals surface area contributed by atoms with Crippen molar-refractivity contribution in [2.24, 2.45) is 5.92 Å². The van der Waals surface area contributed by atoms with Crippen molar-refractivity contribution in [3.05, 3.63) is 35.2 Å². The standard InChI is InChI=1S/C17H25NS/c1-4-7-14(11-18-13(2)3)10-15-12-19-17-9-6-5-8-16(15)17/h5-6,8-9,12-14,18H,4,7,10-11H2,1-3H3. The molecule has 0 saturated heterocycles. The molecule has 104 valence electrons. The summed E-state index contributed by atoms with van der Waals surface area (Å²) in [6, 6.07) is 9.36. The Labute approximate surface area is 121 Å². The normalized spacial score (nSPS) is 13.3. The van der Waals surface area contributed by atoms with E-state index in [1.54, 1.807) is 0 Å². The summed E-state index contributed by atoms with van der Waals surface area (Å²) in [5.41, 5.74) is 1.53. The minimum absolute atomic E-state index is 0.582. The van der Waals surface area contributed by atoms with Crippen LogP contribution in [0.1, 0.15) is 39.2 Å². The average Bonchev–Trinajstić information content (AvgIpc) is 2.80. The second-order valence-electron chi connectivity index (χ2n) is 5.68. The van der Waals surface area contributed by atoms with Crippen LogP contribution in [0, 0.1) is 5.92 Å². The van der Waals surface area contributed by atoms with E-state index in [4.69, 9.17) is 0 Å². The fraction of sp³-hybridized carbons (Fsp3) is 0.529. The second kappa shape index (κ2) is 7.06. The van der Waals surface area contributed by atoms with Crippen LogP contribution in [0.3, 0.4) is 0 Å². The number of hydrogen-bond donors (Lipinski definition) is 1. The Kier molecular flexibility index (Phi) is 5.41. The Morgan fingerprint density at radius 2 is 2.00 bits per heavy atom. The molecule has 1 unspecified atom stereocenters. The summed E-state index contributed by atoms with van der Waals surface area (Å²) in [7, 11) is 0. The second-order valence-corrected chi connectivity index (χ2v) is 6.59. The maximum atomic E-state index is 3.59. The van der Waals surface area contributed by atoms with Gasteiger partial charge in [-0.15, -0.1) is 11.3 Å². The lowest BCUT2D eigenvalue weighted by atomic mass is 9.94. The van der Waals surface area contributed by atoms with Gasteiger partial charge in [0.2, 0.25) is 0 Å². The van der Waals surface area contributed by atoms with Gasteiger partial charge in [-0.1, -0.05) is 45.4 Å². The van der Waals surface area contributed by atoms with Crippen molar-refractivity contribution in [3.63, 3.8) is 0 Å². The first-order chi connectivity index (χ1) is 9.20. The van der Waals surface area contributed by atoms with E-state index in [-0.39, 0.29) is 0 Å². The Bertz CT molecular complexity index is 501.